The second kappa shape index (κ2) is 5.37. The average Bonchev–Trinajstić information content (AvgIpc) is 2.63. The van der Waals surface area contributed by atoms with Gasteiger partial charge in [0.05, 0.1) is 3.79 Å². The maximum absolute atomic E-state index is 12.2. The summed E-state index contributed by atoms with van der Waals surface area (Å²) in [4.78, 5) is 13.3. The normalized spacial score (nSPS) is 10.7. The van der Waals surface area contributed by atoms with Crippen LogP contribution in [0, 0.1) is 20.8 Å². The number of benzene rings is 1. The molecular weight excluding hydrogens is 308 g/mol. The second-order valence-electron chi connectivity index (χ2n) is 4.54. The molecule has 0 saturated carbocycles. The van der Waals surface area contributed by atoms with Crippen LogP contribution in [-0.4, -0.2) is 5.78 Å². The third-order valence-electron chi connectivity index (χ3n) is 3.12. The average molecular weight is 323 g/mol. The Balaban J connectivity index is 2.21. The first-order valence-corrected chi connectivity index (χ1v) is 7.43. The molecule has 1 heterocycles. The third kappa shape index (κ3) is 2.90. The number of halogens is 1. The monoisotopic (exact) mass is 322 g/mol. The highest BCUT2D eigenvalue weighted by Crippen LogP contribution is 2.27. The van der Waals surface area contributed by atoms with Crippen LogP contribution in [0.3, 0.4) is 0 Å². The van der Waals surface area contributed by atoms with Crippen molar-refractivity contribution in [1.82, 2.24) is 0 Å². The van der Waals surface area contributed by atoms with E-state index >= 15 is 0 Å². The van der Waals surface area contributed by atoms with Gasteiger partial charge in [0.2, 0.25) is 0 Å². The van der Waals surface area contributed by atoms with E-state index in [0.29, 0.717) is 6.42 Å². The lowest BCUT2D eigenvalue weighted by Gasteiger charge is -2.04. The fourth-order valence-corrected chi connectivity index (χ4v) is 3.63. The molecule has 1 nitrogen and oxygen atoms in total. The predicted molar refractivity (Wildman–Crippen MR) is 80.7 cm³/mol. The molecule has 0 atom stereocenters. The zero-order chi connectivity index (χ0) is 13.3. The van der Waals surface area contributed by atoms with E-state index in [-0.39, 0.29) is 5.78 Å². The van der Waals surface area contributed by atoms with Crippen LogP contribution in [0.2, 0.25) is 0 Å². The molecule has 1 aromatic carbocycles. The van der Waals surface area contributed by atoms with Gasteiger partial charge in [-0.3, -0.25) is 4.79 Å². The van der Waals surface area contributed by atoms with E-state index in [0.717, 1.165) is 19.8 Å². The van der Waals surface area contributed by atoms with Crippen LogP contribution in [0.4, 0.5) is 0 Å². The molecule has 0 amide bonds. The van der Waals surface area contributed by atoms with Gasteiger partial charge in [-0.1, -0.05) is 18.2 Å². The molecule has 3 heteroatoms. The SMILES string of the molecule is Cc1ccc(CC(=O)c2cc(Br)sc2C)cc1C. The van der Waals surface area contributed by atoms with Gasteiger partial charge in [-0.2, -0.15) is 0 Å². The van der Waals surface area contributed by atoms with Gasteiger partial charge in [-0.05, 0) is 59.5 Å². The number of ketones is 1. The molecule has 18 heavy (non-hydrogen) atoms. The van der Waals surface area contributed by atoms with E-state index < -0.39 is 0 Å². The summed E-state index contributed by atoms with van der Waals surface area (Å²) in [5.41, 5.74) is 4.43. The zero-order valence-electron chi connectivity index (χ0n) is 10.7. The highest BCUT2D eigenvalue weighted by atomic mass is 79.9. The fraction of sp³-hybridized carbons (Fsp3) is 0.267. The molecule has 0 radical (unpaired) electrons. The molecule has 0 saturated heterocycles. The van der Waals surface area contributed by atoms with Gasteiger partial charge in [-0.25, -0.2) is 0 Å². The number of rotatable bonds is 3. The fourth-order valence-electron chi connectivity index (χ4n) is 1.92. The van der Waals surface area contributed by atoms with Crippen molar-refractivity contribution in [2.45, 2.75) is 27.2 Å². The lowest BCUT2D eigenvalue weighted by Crippen LogP contribution is -2.04. The van der Waals surface area contributed by atoms with Crippen LogP contribution in [0.1, 0.15) is 31.9 Å². The van der Waals surface area contributed by atoms with Crippen molar-refractivity contribution in [3.8, 4) is 0 Å². The molecule has 0 unspecified atom stereocenters. The van der Waals surface area contributed by atoms with Crippen LogP contribution in [0.25, 0.3) is 0 Å². The largest absolute Gasteiger partial charge is 0.294 e. The summed E-state index contributed by atoms with van der Waals surface area (Å²) in [6.45, 7) is 6.15. The quantitative estimate of drug-likeness (QED) is 0.737. The van der Waals surface area contributed by atoms with Crippen LogP contribution < -0.4 is 0 Å². The van der Waals surface area contributed by atoms with Gasteiger partial charge in [-0.15, -0.1) is 11.3 Å². The number of hydrogen-bond donors (Lipinski definition) is 0. The summed E-state index contributed by atoms with van der Waals surface area (Å²) in [5.74, 6) is 0.192. The minimum Gasteiger partial charge on any atom is -0.294 e. The highest BCUT2D eigenvalue weighted by molar-refractivity contribution is 9.11. The number of thiophene rings is 1. The summed E-state index contributed by atoms with van der Waals surface area (Å²) in [5, 5.41) is 0. The second-order valence-corrected chi connectivity index (χ2v) is 7.17. The summed E-state index contributed by atoms with van der Waals surface area (Å²) in [6, 6.07) is 8.14. The van der Waals surface area contributed by atoms with Crippen molar-refractivity contribution in [3.05, 3.63) is 55.2 Å². The van der Waals surface area contributed by atoms with E-state index in [2.05, 4.69) is 41.9 Å². The van der Waals surface area contributed by atoms with E-state index in [9.17, 15) is 4.79 Å². The Hall–Kier alpha value is -0.930. The third-order valence-corrected chi connectivity index (χ3v) is 4.68. The number of carbonyl (C=O) groups excluding carboxylic acids is 1. The van der Waals surface area contributed by atoms with Crippen LogP contribution >= 0.6 is 27.3 Å². The standard InChI is InChI=1S/C15H15BrOS/c1-9-4-5-12(6-10(9)2)7-14(17)13-8-15(16)18-11(13)3/h4-6,8H,7H2,1-3H3. The number of hydrogen-bond acceptors (Lipinski definition) is 2. The van der Waals surface area contributed by atoms with Crippen molar-refractivity contribution in [2.75, 3.05) is 0 Å². The Kier molecular flexibility index (Phi) is 4.03. The van der Waals surface area contributed by atoms with Crippen molar-refractivity contribution >= 4 is 33.0 Å². The van der Waals surface area contributed by atoms with Crippen LogP contribution in [0.15, 0.2) is 28.1 Å². The Bertz CT molecular complexity index is 599. The van der Waals surface area contributed by atoms with E-state index in [1.165, 1.54) is 11.1 Å². The predicted octanol–water partition coefficient (Wildman–Crippen LogP) is 4.86. The van der Waals surface area contributed by atoms with Gasteiger partial charge in [0.15, 0.2) is 5.78 Å². The molecule has 0 spiro atoms. The first-order chi connectivity index (χ1) is 8.47. The lowest BCUT2D eigenvalue weighted by atomic mass is 10.00. The van der Waals surface area contributed by atoms with Gasteiger partial charge in [0.1, 0.15) is 0 Å². The van der Waals surface area contributed by atoms with E-state index in [1.54, 1.807) is 11.3 Å². The molecular formula is C15H15BrOS. The first-order valence-electron chi connectivity index (χ1n) is 5.82. The molecule has 94 valence electrons. The maximum Gasteiger partial charge on any atom is 0.168 e. The number of Topliss-reactive ketones (excluding diaryl/α,β-unsaturated/α-hetero) is 1. The first kappa shape index (κ1) is 13.5. The van der Waals surface area contributed by atoms with E-state index in [4.69, 9.17) is 0 Å². The number of carbonyl (C=O) groups is 1. The minimum absolute atomic E-state index is 0.192. The molecule has 0 aliphatic carbocycles. The maximum atomic E-state index is 12.2. The lowest BCUT2D eigenvalue weighted by molar-refractivity contribution is 0.0993. The summed E-state index contributed by atoms with van der Waals surface area (Å²) in [7, 11) is 0. The van der Waals surface area contributed by atoms with Crippen molar-refractivity contribution in [2.24, 2.45) is 0 Å². The van der Waals surface area contributed by atoms with Crippen molar-refractivity contribution in [3.63, 3.8) is 0 Å². The topological polar surface area (TPSA) is 17.1 Å². The minimum atomic E-state index is 0.192. The molecule has 0 N–H and O–H groups in total. The van der Waals surface area contributed by atoms with Crippen molar-refractivity contribution in [1.29, 1.82) is 0 Å². The molecule has 0 aliphatic rings. The van der Waals surface area contributed by atoms with Gasteiger partial charge < -0.3 is 0 Å². The summed E-state index contributed by atoms with van der Waals surface area (Å²) < 4.78 is 1.02. The zero-order valence-corrected chi connectivity index (χ0v) is 13.1. The molecule has 1 aromatic heterocycles. The highest BCUT2D eigenvalue weighted by Gasteiger charge is 2.13. The number of aryl methyl sites for hydroxylation is 3. The molecule has 2 aromatic rings. The molecule has 2 rings (SSSR count). The Morgan fingerprint density at radius 3 is 2.44 bits per heavy atom. The summed E-state index contributed by atoms with van der Waals surface area (Å²) in [6.07, 6.45) is 0.477. The van der Waals surface area contributed by atoms with Crippen molar-refractivity contribution < 1.29 is 4.79 Å². The Morgan fingerprint density at radius 2 is 1.89 bits per heavy atom. The van der Waals surface area contributed by atoms with Crippen LogP contribution in [-0.2, 0) is 6.42 Å². The van der Waals surface area contributed by atoms with Gasteiger partial charge in [0, 0.05) is 16.9 Å². The Labute approximate surface area is 120 Å². The summed E-state index contributed by atoms with van der Waals surface area (Å²) >= 11 is 5.03. The molecule has 0 bridgehead atoms. The van der Waals surface area contributed by atoms with Gasteiger partial charge >= 0.3 is 0 Å². The molecule has 0 fully saturated rings. The van der Waals surface area contributed by atoms with Crippen LogP contribution in [0.5, 0.6) is 0 Å². The molecule has 0 aliphatic heterocycles. The smallest absolute Gasteiger partial charge is 0.168 e. The van der Waals surface area contributed by atoms with E-state index in [1.807, 2.05) is 19.1 Å². The Morgan fingerprint density at radius 1 is 1.17 bits per heavy atom. The van der Waals surface area contributed by atoms with Gasteiger partial charge in [0.25, 0.3) is 0 Å².